The van der Waals surface area contributed by atoms with Crippen molar-refractivity contribution >= 4 is 73.5 Å². The number of hydrogen-bond acceptors (Lipinski definition) is 8. The van der Waals surface area contributed by atoms with E-state index in [9.17, 15) is 9.59 Å². The number of rotatable bonds is 7. The third kappa shape index (κ3) is 4.90. The van der Waals surface area contributed by atoms with Crippen molar-refractivity contribution in [2.75, 3.05) is 16.8 Å². The third-order valence-electron chi connectivity index (χ3n) is 6.40. The fourth-order valence-electron chi connectivity index (χ4n) is 4.74. The Morgan fingerprint density at radius 1 is 1.08 bits per heavy atom. The van der Waals surface area contributed by atoms with Crippen LogP contribution < -0.4 is 5.32 Å². The Hall–Kier alpha value is -3.15. The monoisotopic (exact) mass is 548 g/mol. The number of para-hydroxylation sites is 1. The summed E-state index contributed by atoms with van der Waals surface area (Å²) in [4.78, 5) is 30.5. The molecule has 6 rings (SSSR count). The Morgan fingerprint density at radius 2 is 1.95 bits per heavy atom. The van der Waals surface area contributed by atoms with E-state index in [4.69, 9.17) is 4.98 Å². The van der Waals surface area contributed by atoms with Crippen LogP contribution in [0.2, 0.25) is 0 Å². The smallest absolute Gasteiger partial charge is 0.241 e. The van der Waals surface area contributed by atoms with E-state index in [1.54, 1.807) is 10.9 Å². The van der Waals surface area contributed by atoms with Gasteiger partial charge in [0.15, 0.2) is 9.50 Å². The molecule has 0 unspecified atom stereocenters. The number of carbonyl (C=O) groups is 2. The zero-order valence-electron chi connectivity index (χ0n) is 20.1. The van der Waals surface area contributed by atoms with E-state index in [0.717, 1.165) is 45.0 Å². The number of nitrogens with one attached hydrogen (secondary N) is 1. The number of hydrogen-bond donors (Lipinski definition) is 1. The van der Waals surface area contributed by atoms with Crippen LogP contribution in [0.3, 0.4) is 0 Å². The Morgan fingerprint density at radius 3 is 2.81 bits per heavy atom. The van der Waals surface area contributed by atoms with E-state index in [0.29, 0.717) is 10.9 Å². The Labute approximate surface area is 225 Å². The van der Waals surface area contributed by atoms with Crippen molar-refractivity contribution in [3.8, 4) is 0 Å². The average Bonchev–Trinajstić information content (AvgIpc) is 3.60. The summed E-state index contributed by atoms with van der Waals surface area (Å²) >= 11 is 4.34. The summed E-state index contributed by atoms with van der Waals surface area (Å²) in [5.41, 5.74) is 5.11. The summed E-state index contributed by atoms with van der Waals surface area (Å²) in [6.07, 6.45) is 5.90. The van der Waals surface area contributed by atoms with Crippen LogP contribution in [0.5, 0.6) is 0 Å². The first-order chi connectivity index (χ1) is 18.1. The van der Waals surface area contributed by atoms with Crippen molar-refractivity contribution in [2.45, 2.75) is 35.2 Å². The van der Waals surface area contributed by atoms with E-state index in [-0.39, 0.29) is 17.6 Å². The standard InChI is InChI=1S/C26H24N6O2S3/c1-31-15-27-30-25(31)35-13-23(33)28-16-10-11-19-22(12-16)37-26(29-19)36-14-24(34)32-20-8-4-2-6-17(20)18-7-3-5-9-21(18)32/h2,4,6,8,10-12,15H,3,5,7,9,13-14H2,1H3,(H,28,33). The number of nitrogens with zero attached hydrogens (tertiary/aromatic N) is 5. The molecule has 2 aromatic carbocycles. The summed E-state index contributed by atoms with van der Waals surface area (Å²) in [6, 6.07) is 13.9. The molecule has 1 N–H and O–H groups in total. The number of aromatic nitrogens is 5. The van der Waals surface area contributed by atoms with Crippen LogP contribution >= 0.6 is 34.9 Å². The second-order valence-electron chi connectivity index (χ2n) is 8.89. The van der Waals surface area contributed by atoms with Gasteiger partial charge in [0.1, 0.15) is 6.33 Å². The second-order valence-corrected chi connectivity index (χ2v) is 12.1. The van der Waals surface area contributed by atoms with Crippen molar-refractivity contribution in [1.82, 2.24) is 24.3 Å². The first kappa shape index (κ1) is 24.2. The fraction of sp³-hybridized carbons (Fsp3) is 0.269. The molecule has 0 spiro atoms. The van der Waals surface area contributed by atoms with Gasteiger partial charge >= 0.3 is 0 Å². The quantitative estimate of drug-likeness (QED) is 0.271. The van der Waals surface area contributed by atoms with Gasteiger partial charge in [-0.25, -0.2) is 4.98 Å². The minimum Gasteiger partial charge on any atom is -0.325 e. The van der Waals surface area contributed by atoms with Gasteiger partial charge in [-0.1, -0.05) is 41.7 Å². The maximum atomic E-state index is 13.4. The number of thiazole rings is 1. The SMILES string of the molecule is Cn1cnnc1SCC(=O)Nc1ccc2nc(SCC(=O)n3c4c(c5ccccc53)CCCC4)sc2c1. The van der Waals surface area contributed by atoms with Crippen molar-refractivity contribution in [2.24, 2.45) is 7.05 Å². The molecule has 0 saturated heterocycles. The number of anilines is 1. The maximum Gasteiger partial charge on any atom is 0.241 e. The molecule has 0 saturated carbocycles. The summed E-state index contributed by atoms with van der Waals surface area (Å²) < 4.78 is 5.53. The number of carbonyl (C=O) groups excluding carboxylic acids is 2. The summed E-state index contributed by atoms with van der Waals surface area (Å²) in [5.74, 6) is 0.554. The van der Waals surface area contributed by atoms with Gasteiger partial charge in [0, 0.05) is 23.8 Å². The Balaban J connectivity index is 1.13. The highest BCUT2D eigenvalue weighted by Crippen LogP contribution is 2.34. The van der Waals surface area contributed by atoms with E-state index in [1.807, 2.05) is 35.9 Å². The van der Waals surface area contributed by atoms with Gasteiger partial charge in [0.05, 0.1) is 27.2 Å². The van der Waals surface area contributed by atoms with Gasteiger partial charge in [-0.3, -0.25) is 14.2 Å². The third-order valence-corrected chi connectivity index (χ3v) is 9.58. The molecule has 1 aliphatic carbocycles. The lowest BCUT2D eigenvalue weighted by Gasteiger charge is -2.14. The van der Waals surface area contributed by atoms with Gasteiger partial charge in [-0.05, 0) is 55.5 Å². The molecule has 5 aromatic rings. The van der Waals surface area contributed by atoms with Crippen LogP contribution in [-0.4, -0.2) is 47.6 Å². The largest absolute Gasteiger partial charge is 0.325 e. The Kier molecular flexibility index (Phi) is 6.74. The highest BCUT2D eigenvalue weighted by Gasteiger charge is 2.23. The van der Waals surface area contributed by atoms with Crippen LogP contribution in [0.1, 0.15) is 28.9 Å². The molecule has 0 fully saturated rings. The van der Waals surface area contributed by atoms with Gasteiger partial charge in [-0.15, -0.1) is 21.5 Å². The molecule has 8 nitrogen and oxygen atoms in total. The van der Waals surface area contributed by atoms with Gasteiger partial charge in [0.2, 0.25) is 11.8 Å². The summed E-state index contributed by atoms with van der Waals surface area (Å²) in [7, 11) is 1.84. The van der Waals surface area contributed by atoms with Crippen molar-refractivity contribution in [3.63, 3.8) is 0 Å². The molecule has 1 amide bonds. The number of thioether (sulfide) groups is 2. The molecule has 3 aromatic heterocycles. The fourth-order valence-corrected chi connectivity index (χ4v) is 7.39. The molecule has 1 aliphatic rings. The van der Waals surface area contributed by atoms with Crippen molar-refractivity contribution in [3.05, 3.63) is 60.0 Å². The molecular weight excluding hydrogens is 525 g/mol. The maximum absolute atomic E-state index is 13.4. The zero-order valence-corrected chi connectivity index (χ0v) is 22.6. The molecule has 188 valence electrons. The second kappa shape index (κ2) is 10.3. The molecule has 11 heteroatoms. The lowest BCUT2D eigenvalue weighted by molar-refractivity contribution is -0.113. The predicted octanol–water partition coefficient (Wildman–Crippen LogP) is 5.42. The van der Waals surface area contributed by atoms with Crippen LogP contribution in [0, 0.1) is 0 Å². The molecule has 3 heterocycles. The highest BCUT2D eigenvalue weighted by molar-refractivity contribution is 8.01. The Bertz CT molecular complexity index is 1640. The first-order valence-corrected chi connectivity index (χ1v) is 14.8. The van der Waals surface area contributed by atoms with E-state index < -0.39 is 0 Å². The van der Waals surface area contributed by atoms with Crippen LogP contribution in [0.25, 0.3) is 21.1 Å². The van der Waals surface area contributed by atoms with Crippen molar-refractivity contribution in [1.29, 1.82) is 0 Å². The predicted molar refractivity (Wildman–Crippen MR) is 150 cm³/mol. The zero-order chi connectivity index (χ0) is 25.4. The van der Waals surface area contributed by atoms with Gasteiger partial charge < -0.3 is 9.88 Å². The number of aryl methyl sites for hydroxylation is 2. The van der Waals surface area contributed by atoms with E-state index in [2.05, 4.69) is 33.7 Å². The average molecular weight is 549 g/mol. The van der Waals surface area contributed by atoms with Crippen LogP contribution in [0.4, 0.5) is 5.69 Å². The number of amides is 1. The molecule has 0 radical (unpaired) electrons. The lowest BCUT2D eigenvalue weighted by Crippen LogP contribution is -2.18. The van der Waals surface area contributed by atoms with E-state index >= 15 is 0 Å². The van der Waals surface area contributed by atoms with E-state index in [1.165, 1.54) is 57.9 Å². The summed E-state index contributed by atoms with van der Waals surface area (Å²) in [6.45, 7) is 0. The number of fused-ring (bicyclic) bond motifs is 4. The van der Waals surface area contributed by atoms with Gasteiger partial charge in [0.25, 0.3) is 0 Å². The van der Waals surface area contributed by atoms with Crippen molar-refractivity contribution < 1.29 is 9.59 Å². The topological polar surface area (TPSA) is 94.7 Å². The molecule has 37 heavy (non-hydrogen) atoms. The summed E-state index contributed by atoms with van der Waals surface area (Å²) in [5, 5.41) is 12.6. The lowest BCUT2D eigenvalue weighted by atomic mass is 9.96. The highest BCUT2D eigenvalue weighted by atomic mass is 32.2. The normalized spacial score (nSPS) is 13.2. The molecule has 0 aliphatic heterocycles. The number of benzene rings is 2. The van der Waals surface area contributed by atoms with Gasteiger partial charge in [-0.2, -0.15) is 0 Å². The minimum absolute atomic E-state index is 0.0944. The molecule has 0 atom stereocenters. The minimum atomic E-state index is -0.112. The van der Waals surface area contributed by atoms with Crippen LogP contribution in [0.15, 0.2) is 58.3 Å². The molecular formula is C26H24N6O2S3. The first-order valence-electron chi connectivity index (χ1n) is 12.0. The molecule has 0 bridgehead atoms. The van der Waals surface area contributed by atoms with Crippen LogP contribution in [-0.2, 0) is 24.7 Å².